The first-order chi connectivity index (χ1) is 13.4. The van der Waals surface area contributed by atoms with Crippen molar-refractivity contribution in [2.24, 2.45) is 0 Å². The molecule has 1 saturated heterocycles. The Labute approximate surface area is 168 Å². The van der Waals surface area contributed by atoms with Gasteiger partial charge in [0.25, 0.3) is 5.91 Å². The topological polar surface area (TPSA) is 62.2 Å². The van der Waals surface area contributed by atoms with Crippen molar-refractivity contribution in [1.29, 1.82) is 0 Å². The molecule has 1 heterocycles. The molecule has 1 fully saturated rings. The first kappa shape index (κ1) is 22.4. The molecule has 1 amide bonds. The van der Waals surface area contributed by atoms with Gasteiger partial charge in [0.15, 0.2) is 0 Å². The van der Waals surface area contributed by atoms with Crippen LogP contribution in [0.5, 0.6) is 5.75 Å². The average Bonchev–Trinajstić information content (AvgIpc) is 2.76. The lowest BCUT2D eigenvalue weighted by molar-refractivity contribution is -0.0748. The van der Waals surface area contributed by atoms with E-state index in [2.05, 4.69) is 25.3 Å². The van der Waals surface area contributed by atoms with Crippen LogP contribution in [0.4, 0.5) is 0 Å². The number of aliphatic hydroxyl groups is 1. The predicted molar refractivity (Wildman–Crippen MR) is 111 cm³/mol. The number of para-hydroxylation sites is 1. The highest BCUT2D eigenvalue weighted by atomic mass is 16.5. The number of aliphatic hydroxyl groups excluding tert-OH is 1. The van der Waals surface area contributed by atoms with E-state index in [0.29, 0.717) is 31.0 Å². The molecule has 0 bridgehead atoms. The van der Waals surface area contributed by atoms with E-state index in [1.165, 1.54) is 0 Å². The summed E-state index contributed by atoms with van der Waals surface area (Å²) in [6, 6.07) is 7.37. The molecule has 0 aromatic heterocycles. The quantitative estimate of drug-likeness (QED) is 0.657. The van der Waals surface area contributed by atoms with Crippen molar-refractivity contribution in [2.75, 3.05) is 40.0 Å². The van der Waals surface area contributed by atoms with Crippen molar-refractivity contribution in [2.45, 2.75) is 44.9 Å². The SMILES string of the molecule is C=CC(C)(CO)N1CCOC(CN(C(=O)c2ccccc2OC)C(C)CC)C1. The third-order valence-electron chi connectivity index (χ3n) is 5.74. The summed E-state index contributed by atoms with van der Waals surface area (Å²) in [5.74, 6) is 0.521. The normalized spacial score (nSPS) is 20.8. The minimum Gasteiger partial charge on any atom is -0.496 e. The first-order valence-electron chi connectivity index (χ1n) is 9.95. The molecule has 0 saturated carbocycles. The predicted octanol–water partition coefficient (Wildman–Crippen LogP) is 2.57. The number of methoxy groups -OCH3 is 1. The molecule has 156 valence electrons. The van der Waals surface area contributed by atoms with E-state index in [4.69, 9.17) is 9.47 Å². The average molecular weight is 391 g/mol. The number of hydrogen-bond acceptors (Lipinski definition) is 5. The fraction of sp³-hybridized carbons (Fsp3) is 0.591. The molecule has 1 aliphatic heterocycles. The first-order valence-corrected chi connectivity index (χ1v) is 9.95. The Morgan fingerprint density at radius 3 is 2.86 bits per heavy atom. The smallest absolute Gasteiger partial charge is 0.257 e. The Hall–Kier alpha value is -1.89. The summed E-state index contributed by atoms with van der Waals surface area (Å²) >= 11 is 0. The zero-order valence-corrected chi connectivity index (χ0v) is 17.6. The summed E-state index contributed by atoms with van der Waals surface area (Å²) in [6.07, 6.45) is 2.49. The number of hydrogen-bond donors (Lipinski definition) is 1. The number of ether oxygens (including phenoxy) is 2. The summed E-state index contributed by atoms with van der Waals surface area (Å²) in [6.45, 7) is 12.4. The Morgan fingerprint density at radius 1 is 1.54 bits per heavy atom. The highest BCUT2D eigenvalue weighted by molar-refractivity contribution is 5.97. The van der Waals surface area contributed by atoms with Gasteiger partial charge in [-0.05, 0) is 32.4 Å². The molecule has 1 N–H and O–H groups in total. The van der Waals surface area contributed by atoms with Crippen molar-refractivity contribution >= 4 is 5.91 Å². The molecule has 1 aliphatic rings. The number of benzene rings is 1. The molecule has 1 aromatic carbocycles. The zero-order valence-electron chi connectivity index (χ0n) is 17.6. The van der Waals surface area contributed by atoms with Gasteiger partial charge in [-0.1, -0.05) is 25.1 Å². The number of carbonyl (C=O) groups excluding carboxylic acids is 1. The summed E-state index contributed by atoms with van der Waals surface area (Å²) in [4.78, 5) is 17.4. The number of morpholine rings is 1. The van der Waals surface area contributed by atoms with Crippen molar-refractivity contribution in [3.8, 4) is 5.75 Å². The fourth-order valence-corrected chi connectivity index (χ4v) is 3.47. The van der Waals surface area contributed by atoms with Gasteiger partial charge < -0.3 is 19.5 Å². The van der Waals surface area contributed by atoms with E-state index in [-0.39, 0.29) is 24.7 Å². The van der Waals surface area contributed by atoms with Crippen LogP contribution < -0.4 is 4.74 Å². The van der Waals surface area contributed by atoms with Gasteiger partial charge in [-0.2, -0.15) is 0 Å². The van der Waals surface area contributed by atoms with Crippen molar-refractivity contribution in [3.05, 3.63) is 42.5 Å². The maximum absolute atomic E-state index is 13.3. The summed E-state index contributed by atoms with van der Waals surface area (Å²) in [5.41, 5.74) is 0.0693. The minimum absolute atomic E-state index is 0.00155. The van der Waals surface area contributed by atoms with E-state index in [0.717, 1.165) is 13.0 Å². The Kier molecular flexibility index (Phi) is 8.04. The summed E-state index contributed by atoms with van der Waals surface area (Å²) in [7, 11) is 1.58. The lowest BCUT2D eigenvalue weighted by Crippen LogP contribution is -2.57. The van der Waals surface area contributed by atoms with E-state index in [1.54, 1.807) is 25.3 Å². The van der Waals surface area contributed by atoms with Gasteiger partial charge in [-0.3, -0.25) is 9.69 Å². The standard InChI is InChI=1S/C22H34N2O4/c1-6-17(3)24(21(26)19-10-8-9-11-20(19)27-5)15-18-14-23(12-13-28-18)22(4,7-2)16-25/h7-11,17-18,25H,2,6,12-16H2,1,3-5H3. The molecule has 0 spiro atoms. The number of carbonyl (C=O) groups is 1. The van der Waals surface area contributed by atoms with Gasteiger partial charge in [0.2, 0.25) is 0 Å². The van der Waals surface area contributed by atoms with Gasteiger partial charge in [0.05, 0.1) is 37.5 Å². The van der Waals surface area contributed by atoms with E-state index < -0.39 is 5.54 Å². The molecule has 6 heteroatoms. The molecule has 28 heavy (non-hydrogen) atoms. The zero-order chi connectivity index (χ0) is 20.7. The van der Waals surface area contributed by atoms with Crippen molar-refractivity contribution in [3.63, 3.8) is 0 Å². The highest BCUT2D eigenvalue weighted by Gasteiger charge is 2.35. The maximum atomic E-state index is 13.3. The van der Waals surface area contributed by atoms with Crippen LogP contribution in [0.1, 0.15) is 37.6 Å². The van der Waals surface area contributed by atoms with Crippen LogP contribution in [0.2, 0.25) is 0 Å². The molecule has 0 aliphatic carbocycles. The van der Waals surface area contributed by atoms with E-state index in [9.17, 15) is 9.90 Å². The fourth-order valence-electron chi connectivity index (χ4n) is 3.47. The van der Waals surface area contributed by atoms with Gasteiger partial charge in [0, 0.05) is 25.7 Å². The van der Waals surface area contributed by atoms with E-state index in [1.807, 2.05) is 24.0 Å². The molecular formula is C22H34N2O4. The van der Waals surface area contributed by atoms with Gasteiger partial charge in [0.1, 0.15) is 5.75 Å². The Morgan fingerprint density at radius 2 is 2.25 bits per heavy atom. The lowest BCUT2D eigenvalue weighted by atomic mass is 9.99. The second-order valence-electron chi connectivity index (χ2n) is 7.57. The molecule has 3 unspecified atom stereocenters. The molecule has 2 rings (SSSR count). The van der Waals surface area contributed by atoms with Gasteiger partial charge in [-0.25, -0.2) is 0 Å². The second-order valence-corrected chi connectivity index (χ2v) is 7.57. The van der Waals surface area contributed by atoms with Crippen LogP contribution in [0.3, 0.4) is 0 Å². The van der Waals surface area contributed by atoms with Crippen LogP contribution in [0.15, 0.2) is 36.9 Å². The van der Waals surface area contributed by atoms with Crippen LogP contribution in [0.25, 0.3) is 0 Å². The van der Waals surface area contributed by atoms with Crippen LogP contribution >= 0.6 is 0 Å². The molecule has 3 atom stereocenters. The van der Waals surface area contributed by atoms with Gasteiger partial charge >= 0.3 is 0 Å². The van der Waals surface area contributed by atoms with E-state index >= 15 is 0 Å². The van der Waals surface area contributed by atoms with Crippen molar-refractivity contribution in [1.82, 2.24) is 9.80 Å². The van der Waals surface area contributed by atoms with Crippen molar-refractivity contribution < 1.29 is 19.4 Å². The third kappa shape index (κ3) is 4.93. The molecule has 6 nitrogen and oxygen atoms in total. The largest absolute Gasteiger partial charge is 0.496 e. The van der Waals surface area contributed by atoms with Crippen LogP contribution in [-0.2, 0) is 4.74 Å². The number of nitrogens with zero attached hydrogens (tertiary/aromatic N) is 2. The number of rotatable bonds is 9. The Balaban J connectivity index is 2.20. The summed E-state index contributed by atoms with van der Waals surface area (Å²) in [5, 5.41) is 9.79. The monoisotopic (exact) mass is 390 g/mol. The van der Waals surface area contributed by atoms with Crippen LogP contribution in [0, 0.1) is 0 Å². The lowest BCUT2D eigenvalue weighted by Gasteiger charge is -2.44. The minimum atomic E-state index is -0.490. The summed E-state index contributed by atoms with van der Waals surface area (Å²) < 4.78 is 11.4. The molecule has 1 aromatic rings. The second kappa shape index (κ2) is 10.0. The van der Waals surface area contributed by atoms with Gasteiger partial charge in [-0.15, -0.1) is 6.58 Å². The maximum Gasteiger partial charge on any atom is 0.257 e. The highest BCUT2D eigenvalue weighted by Crippen LogP contribution is 2.24. The Bertz CT molecular complexity index is 666. The number of amides is 1. The van der Waals surface area contributed by atoms with Crippen LogP contribution in [-0.4, -0.2) is 78.5 Å². The molecular weight excluding hydrogens is 356 g/mol. The third-order valence-corrected chi connectivity index (χ3v) is 5.74. The molecule has 0 radical (unpaired) electrons.